The number of rotatable bonds is 6. The highest BCUT2D eigenvalue weighted by Crippen LogP contribution is 2.13. The zero-order valence-electron chi connectivity index (χ0n) is 11.4. The third kappa shape index (κ3) is 4.71. The second-order valence-corrected chi connectivity index (χ2v) is 4.84. The van der Waals surface area contributed by atoms with Crippen LogP contribution in [0.1, 0.15) is 19.4 Å². The number of benzene rings is 1. The van der Waals surface area contributed by atoms with Crippen LogP contribution in [-0.2, 0) is 16.0 Å². The van der Waals surface area contributed by atoms with Crippen molar-refractivity contribution in [2.45, 2.75) is 26.3 Å². The first-order valence-electron chi connectivity index (χ1n) is 6.24. The van der Waals surface area contributed by atoms with Gasteiger partial charge in [0.2, 0.25) is 0 Å². The van der Waals surface area contributed by atoms with Crippen molar-refractivity contribution in [3.63, 3.8) is 0 Å². The van der Waals surface area contributed by atoms with E-state index in [1.54, 1.807) is 12.1 Å². The van der Waals surface area contributed by atoms with Gasteiger partial charge in [0.25, 0.3) is 5.91 Å². The maximum Gasteiger partial charge on any atom is 0.330 e. The van der Waals surface area contributed by atoms with Gasteiger partial charge < -0.3 is 10.4 Å². The van der Waals surface area contributed by atoms with Gasteiger partial charge in [0.15, 0.2) is 6.04 Å². The number of amides is 1. The molecular formula is C14H20N2O3. The molecule has 1 unspecified atom stereocenters. The summed E-state index contributed by atoms with van der Waals surface area (Å²) in [5.41, 5.74) is 1.79. The Bertz CT molecular complexity index is 441. The van der Waals surface area contributed by atoms with E-state index in [0.717, 1.165) is 6.42 Å². The molecule has 1 aromatic carbocycles. The number of carboxylic acid groups (broad SMARTS) is 1. The summed E-state index contributed by atoms with van der Waals surface area (Å²) in [6, 6.07) is 6.19. The van der Waals surface area contributed by atoms with E-state index >= 15 is 0 Å². The first kappa shape index (κ1) is 15.2. The van der Waals surface area contributed by atoms with Crippen molar-refractivity contribution in [1.82, 2.24) is 5.32 Å². The normalized spacial score (nSPS) is 12.2. The molecule has 3 N–H and O–H groups in total. The van der Waals surface area contributed by atoms with Crippen molar-refractivity contribution < 1.29 is 14.7 Å². The molecule has 19 heavy (non-hydrogen) atoms. The Morgan fingerprint density at radius 3 is 2.21 bits per heavy atom. The molecule has 0 aliphatic heterocycles. The lowest BCUT2D eigenvalue weighted by Gasteiger charge is -2.12. The number of aliphatic carboxylic acids is 1. The summed E-state index contributed by atoms with van der Waals surface area (Å²) >= 11 is 0. The summed E-state index contributed by atoms with van der Waals surface area (Å²) in [6.07, 6.45) is 0.975. The molecule has 1 aromatic rings. The summed E-state index contributed by atoms with van der Waals surface area (Å²) in [7, 11) is 1.43. The van der Waals surface area contributed by atoms with Crippen molar-refractivity contribution in [2.75, 3.05) is 12.4 Å². The molecular weight excluding hydrogens is 244 g/mol. The minimum Gasteiger partial charge on any atom is -0.480 e. The molecule has 5 nitrogen and oxygen atoms in total. The summed E-state index contributed by atoms with van der Waals surface area (Å²) in [6.45, 7) is 4.28. The van der Waals surface area contributed by atoms with Gasteiger partial charge in [0, 0.05) is 5.69 Å². The van der Waals surface area contributed by atoms with E-state index in [4.69, 9.17) is 5.11 Å². The predicted octanol–water partition coefficient (Wildman–Crippen LogP) is 1.50. The third-order valence-electron chi connectivity index (χ3n) is 2.66. The SMILES string of the molecule is CNC(C(=O)O)C(=O)Nc1ccc(CC(C)C)cc1. The fourth-order valence-electron chi connectivity index (χ4n) is 1.78. The van der Waals surface area contributed by atoms with Crippen molar-refractivity contribution in [2.24, 2.45) is 5.92 Å². The maximum atomic E-state index is 11.7. The molecule has 0 fully saturated rings. The van der Waals surface area contributed by atoms with Gasteiger partial charge in [-0.25, -0.2) is 4.79 Å². The van der Waals surface area contributed by atoms with E-state index in [0.29, 0.717) is 11.6 Å². The molecule has 1 amide bonds. The lowest BCUT2D eigenvalue weighted by molar-refractivity contribution is -0.142. The Hall–Kier alpha value is -1.88. The zero-order chi connectivity index (χ0) is 14.4. The molecule has 0 bridgehead atoms. The average Bonchev–Trinajstić information content (AvgIpc) is 2.31. The van der Waals surface area contributed by atoms with Gasteiger partial charge in [-0.3, -0.25) is 10.1 Å². The fourth-order valence-corrected chi connectivity index (χ4v) is 1.78. The highest BCUT2D eigenvalue weighted by Gasteiger charge is 2.23. The van der Waals surface area contributed by atoms with E-state index in [9.17, 15) is 9.59 Å². The molecule has 0 aliphatic rings. The summed E-state index contributed by atoms with van der Waals surface area (Å²) < 4.78 is 0. The Kier molecular flexibility index (Phi) is 5.51. The van der Waals surface area contributed by atoms with Gasteiger partial charge in [-0.2, -0.15) is 0 Å². The molecule has 104 valence electrons. The third-order valence-corrected chi connectivity index (χ3v) is 2.66. The summed E-state index contributed by atoms with van der Waals surface area (Å²) in [4.78, 5) is 22.5. The maximum absolute atomic E-state index is 11.7. The monoisotopic (exact) mass is 264 g/mol. The van der Waals surface area contributed by atoms with E-state index < -0.39 is 17.9 Å². The molecule has 1 rings (SSSR count). The smallest absolute Gasteiger partial charge is 0.330 e. The van der Waals surface area contributed by atoms with Crippen LogP contribution in [0.15, 0.2) is 24.3 Å². The van der Waals surface area contributed by atoms with Crippen LogP contribution in [0.3, 0.4) is 0 Å². The van der Waals surface area contributed by atoms with Crippen LogP contribution in [-0.4, -0.2) is 30.1 Å². The Balaban J connectivity index is 2.67. The Labute approximate surface area is 113 Å². The second-order valence-electron chi connectivity index (χ2n) is 4.84. The second kappa shape index (κ2) is 6.89. The van der Waals surface area contributed by atoms with Crippen molar-refractivity contribution in [1.29, 1.82) is 0 Å². The Morgan fingerprint density at radius 2 is 1.79 bits per heavy atom. The van der Waals surface area contributed by atoms with Gasteiger partial charge in [-0.05, 0) is 37.1 Å². The zero-order valence-corrected chi connectivity index (χ0v) is 11.4. The standard InChI is InChI=1S/C14H20N2O3/c1-9(2)8-10-4-6-11(7-5-10)16-13(17)12(15-3)14(18)19/h4-7,9,12,15H,8H2,1-3H3,(H,16,17)(H,18,19). The van der Waals surface area contributed by atoms with Crippen LogP contribution < -0.4 is 10.6 Å². The van der Waals surface area contributed by atoms with Crippen molar-refractivity contribution in [3.8, 4) is 0 Å². The van der Waals surface area contributed by atoms with Crippen molar-refractivity contribution >= 4 is 17.6 Å². The van der Waals surface area contributed by atoms with Gasteiger partial charge in [0.05, 0.1) is 0 Å². The minimum atomic E-state index is -1.24. The number of nitrogens with one attached hydrogen (secondary N) is 2. The van der Waals surface area contributed by atoms with Gasteiger partial charge in [0.1, 0.15) is 0 Å². The average molecular weight is 264 g/mol. The summed E-state index contributed by atoms with van der Waals surface area (Å²) in [5.74, 6) is -1.20. The molecule has 0 radical (unpaired) electrons. The predicted molar refractivity (Wildman–Crippen MR) is 74.1 cm³/mol. The molecule has 1 atom stereocenters. The highest BCUT2D eigenvalue weighted by molar-refractivity contribution is 6.07. The number of hydrogen-bond donors (Lipinski definition) is 3. The van der Waals surface area contributed by atoms with Crippen LogP contribution in [0.4, 0.5) is 5.69 Å². The van der Waals surface area contributed by atoms with Crippen LogP contribution in [0, 0.1) is 5.92 Å². The number of anilines is 1. The summed E-state index contributed by atoms with van der Waals surface area (Å²) in [5, 5.41) is 13.9. The number of carbonyl (C=O) groups is 2. The van der Waals surface area contributed by atoms with Crippen molar-refractivity contribution in [3.05, 3.63) is 29.8 Å². The lowest BCUT2D eigenvalue weighted by atomic mass is 10.0. The minimum absolute atomic E-state index is 0.570. The van der Waals surface area contributed by atoms with E-state index in [1.807, 2.05) is 12.1 Å². The molecule has 0 aliphatic carbocycles. The first-order valence-corrected chi connectivity index (χ1v) is 6.24. The lowest BCUT2D eigenvalue weighted by Crippen LogP contribution is -2.44. The molecule has 0 heterocycles. The molecule has 0 saturated heterocycles. The largest absolute Gasteiger partial charge is 0.480 e. The quantitative estimate of drug-likeness (QED) is 0.680. The van der Waals surface area contributed by atoms with E-state index in [-0.39, 0.29) is 0 Å². The molecule has 0 saturated carbocycles. The van der Waals surface area contributed by atoms with Crippen LogP contribution in [0.2, 0.25) is 0 Å². The van der Waals surface area contributed by atoms with E-state index in [2.05, 4.69) is 24.5 Å². The highest BCUT2D eigenvalue weighted by atomic mass is 16.4. The fraction of sp³-hybridized carbons (Fsp3) is 0.429. The molecule has 5 heteroatoms. The van der Waals surface area contributed by atoms with Crippen LogP contribution >= 0.6 is 0 Å². The van der Waals surface area contributed by atoms with Gasteiger partial charge in [-0.15, -0.1) is 0 Å². The number of carbonyl (C=O) groups excluding carboxylic acids is 1. The van der Waals surface area contributed by atoms with E-state index in [1.165, 1.54) is 12.6 Å². The van der Waals surface area contributed by atoms with Gasteiger partial charge in [-0.1, -0.05) is 26.0 Å². The van der Waals surface area contributed by atoms with Crippen LogP contribution in [0.25, 0.3) is 0 Å². The molecule has 0 spiro atoms. The number of hydrogen-bond acceptors (Lipinski definition) is 3. The van der Waals surface area contributed by atoms with Crippen LogP contribution in [0.5, 0.6) is 0 Å². The molecule has 0 aromatic heterocycles. The first-order chi connectivity index (χ1) is 8.93. The topological polar surface area (TPSA) is 78.4 Å². The number of carboxylic acids is 1. The van der Waals surface area contributed by atoms with Gasteiger partial charge >= 0.3 is 5.97 Å². The Morgan fingerprint density at radius 1 is 1.21 bits per heavy atom. The number of likely N-dealkylation sites (N-methyl/N-ethyl adjacent to an activating group) is 1.